The van der Waals surface area contributed by atoms with Crippen molar-refractivity contribution in [2.45, 2.75) is 45.1 Å². The Kier molecular flexibility index (Phi) is 4.69. The van der Waals surface area contributed by atoms with Gasteiger partial charge in [0.1, 0.15) is 5.69 Å². The number of rotatable bonds is 4. The highest BCUT2D eigenvalue weighted by Crippen LogP contribution is 2.29. The number of aliphatic hydroxyl groups is 1. The number of para-hydroxylation sites is 1. The van der Waals surface area contributed by atoms with Crippen LogP contribution < -0.4 is 5.46 Å². The van der Waals surface area contributed by atoms with Crippen LogP contribution in [0.5, 0.6) is 0 Å². The van der Waals surface area contributed by atoms with Crippen molar-refractivity contribution in [2.75, 3.05) is 0 Å². The lowest BCUT2D eigenvalue weighted by atomic mass is 9.74. The summed E-state index contributed by atoms with van der Waals surface area (Å²) in [6.07, 6.45) is -4.65. The molecule has 0 saturated carbocycles. The molecule has 0 aliphatic carbocycles. The average molecular weight is 341 g/mol. The SMILES string of the molecule is CC(C)(O)C(C)(C)OB(O)c1cc(C(F)(F)F)nc2ccccc12. The van der Waals surface area contributed by atoms with E-state index >= 15 is 0 Å². The van der Waals surface area contributed by atoms with Crippen molar-refractivity contribution in [1.82, 2.24) is 4.98 Å². The van der Waals surface area contributed by atoms with Gasteiger partial charge in [-0.1, -0.05) is 18.2 Å². The first-order valence-electron chi connectivity index (χ1n) is 7.38. The molecular weight excluding hydrogens is 322 g/mol. The Morgan fingerprint density at radius 2 is 1.67 bits per heavy atom. The highest BCUT2D eigenvalue weighted by atomic mass is 19.4. The Hall–Kier alpha value is -1.64. The third-order valence-corrected chi connectivity index (χ3v) is 4.18. The Balaban J connectivity index is 2.54. The van der Waals surface area contributed by atoms with Crippen LogP contribution in [0.3, 0.4) is 0 Å². The summed E-state index contributed by atoms with van der Waals surface area (Å²) in [7, 11) is -1.65. The molecule has 2 aromatic rings. The number of nitrogens with zero attached hydrogens (tertiary/aromatic N) is 1. The van der Waals surface area contributed by atoms with E-state index in [2.05, 4.69) is 4.98 Å². The molecule has 2 N–H and O–H groups in total. The third-order valence-electron chi connectivity index (χ3n) is 4.18. The van der Waals surface area contributed by atoms with Gasteiger partial charge in [-0.3, -0.25) is 0 Å². The monoisotopic (exact) mass is 341 g/mol. The molecule has 4 nitrogen and oxygen atoms in total. The molecule has 0 atom stereocenters. The second kappa shape index (κ2) is 6.02. The van der Waals surface area contributed by atoms with E-state index in [-0.39, 0.29) is 11.0 Å². The lowest BCUT2D eigenvalue weighted by Crippen LogP contribution is -2.53. The minimum absolute atomic E-state index is 0.0507. The quantitative estimate of drug-likeness (QED) is 0.839. The van der Waals surface area contributed by atoms with Gasteiger partial charge >= 0.3 is 13.3 Å². The van der Waals surface area contributed by atoms with E-state index in [9.17, 15) is 23.3 Å². The molecule has 0 bridgehead atoms. The zero-order valence-electron chi connectivity index (χ0n) is 13.8. The van der Waals surface area contributed by atoms with Crippen molar-refractivity contribution in [1.29, 1.82) is 0 Å². The Bertz CT molecular complexity index is 741. The van der Waals surface area contributed by atoms with E-state index < -0.39 is 30.2 Å². The van der Waals surface area contributed by atoms with Crippen molar-refractivity contribution in [3.63, 3.8) is 0 Å². The van der Waals surface area contributed by atoms with Gasteiger partial charge in [-0.15, -0.1) is 0 Å². The first kappa shape index (κ1) is 18.7. The molecule has 0 spiro atoms. The molecule has 2 rings (SSSR count). The first-order valence-corrected chi connectivity index (χ1v) is 7.38. The molecule has 0 aliphatic heterocycles. The molecular formula is C16H19BF3NO3. The molecule has 0 radical (unpaired) electrons. The second-order valence-electron chi connectivity index (χ2n) is 6.65. The molecule has 0 fully saturated rings. The zero-order chi connectivity index (χ0) is 18.3. The lowest BCUT2D eigenvalue weighted by Gasteiger charge is -2.38. The summed E-state index contributed by atoms with van der Waals surface area (Å²) in [5.41, 5.74) is -3.57. The fourth-order valence-electron chi connectivity index (χ4n) is 2.04. The van der Waals surface area contributed by atoms with E-state index in [0.717, 1.165) is 6.07 Å². The molecule has 24 heavy (non-hydrogen) atoms. The topological polar surface area (TPSA) is 62.6 Å². The van der Waals surface area contributed by atoms with Crippen LogP contribution in [0.15, 0.2) is 30.3 Å². The number of pyridine rings is 1. The summed E-state index contributed by atoms with van der Waals surface area (Å²) in [6.45, 7) is 6.07. The number of halogens is 3. The van der Waals surface area contributed by atoms with Gasteiger partial charge in [0, 0.05) is 0 Å². The zero-order valence-corrected chi connectivity index (χ0v) is 13.8. The van der Waals surface area contributed by atoms with Crippen LogP contribution in [0.4, 0.5) is 13.2 Å². The molecule has 0 amide bonds. The van der Waals surface area contributed by atoms with Crippen molar-refractivity contribution in [2.24, 2.45) is 0 Å². The predicted octanol–water partition coefficient (Wildman–Crippen LogP) is 2.51. The molecule has 0 unspecified atom stereocenters. The number of alkyl halides is 3. The van der Waals surface area contributed by atoms with Crippen LogP contribution in [0, 0.1) is 0 Å². The van der Waals surface area contributed by atoms with Gasteiger partial charge in [0.25, 0.3) is 0 Å². The summed E-state index contributed by atoms with van der Waals surface area (Å²) in [6, 6.07) is 6.96. The van der Waals surface area contributed by atoms with E-state index in [4.69, 9.17) is 4.65 Å². The molecule has 8 heteroatoms. The smallest absolute Gasteiger partial charge is 0.423 e. The first-order chi connectivity index (χ1) is 10.8. The van der Waals surface area contributed by atoms with Crippen molar-refractivity contribution < 1.29 is 28.0 Å². The molecule has 1 aromatic heterocycles. The summed E-state index contributed by atoms with van der Waals surface area (Å²) in [5, 5.41) is 20.8. The standard InChI is InChI=1S/C16H19BF3NO3/c1-14(2,22)15(3,4)24-17(23)11-9-13(16(18,19)20)21-12-8-6-5-7-10(11)12/h5-9,22-23H,1-4H3. The normalized spacial score (nSPS) is 13.4. The van der Waals surface area contributed by atoms with Gasteiger partial charge < -0.3 is 14.8 Å². The van der Waals surface area contributed by atoms with E-state index in [0.29, 0.717) is 5.39 Å². The molecule has 0 aliphatic rings. The van der Waals surface area contributed by atoms with Gasteiger partial charge in [-0.05, 0) is 50.7 Å². The molecule has 1 heterocycles. The second-order valence-corrected chi connectivity index (χ2v) is 6.65. The van der Waals surface area contributed by atoms with Crippen LogP contribution in [-0.2, 0) is 10.8 Å². The summed E-state index contributed by atoms with van der Waals surface area (Å²) < 4.78 is 44.7. The van der Waals surface area contributed by atoms with Crippen LogP contribution >= 0.6 is 0 Å². The fraction of sp³-hybridized carbons (Fsp3) is 0.438. The Morgan fingerprint density at radius 1 is 1.08 bits per heavy atom. The Labute approximate surface area is 138 Å². The van der Waals surface area contributed by atoms with E-state index in [1.165, 1.54) is 19.9 Å². The van der Waals surface area contributed by atoms with Crippen molar-refractivity contribution in [3.05, 3.63) is 36.0 Å². The lowest BCUT2D eigenvalue weighted by molar-refractivity contribution is -0.140. The minimum atomic E-state index is -4.65. The van der Waals surface area contributed by atoms with Gasteiger partial charge in [0.2, 0.25) is 0 Å². The van der Waals surface area contributed by atoms with Gasteiger partial charge in [-0.25, -0.2) is 4.98 Å². The highest BCUT2D eigenvalue weighted by Gasteiger charge is 2.41. The molecule has 130 valence electrons. The highest BCUT2D eigenvalue weighted by molar-refractivity contribution is 6.63. The van der Waals surface area contributed by atoms with E-state index in [1.807, 2.05) is 0 Å². The summed E-state index contributed by atoms with van der Waals surface area (Å²) >= 11 is 0. The molecule has 0 saturated heterocycles. The predicted molar refractivity (Wildman–Crippen MR) is 85.8 cm³/mol. The number of fused-ring (bicyclic) bond motifs is 1. The maximum absolute atomic E-state index is 13.1. The van der Waals surface area contributed by atoms with Crippen LogP contribution in [0.1, 0.15) is 33.4 Å². The van der Waals surface area contributed by atoms with Gasteiger partial charge in [-0.2, -0.15) is 13.2 Å². The van der Waals surface area contributed by atoms with Crippen molar-refractivity contribution in [3.8, 4) is 0 Å². The number of benzene rings is 1. The summed E-state index contributed by atoms with van der Waals surface area (Å²) in [5.74, 6) is 0. The third kappa shape index (κ3) is 3.71. The Morgan fingerprint density at radius 3 is 2.21 bits per heavy atom. The van der Waals surface area contributed by atoms with Crippen LogP contribution in [0.25, 0.3) is 10.9 Å². The largest absolute Gasteiger partial charge is 0.492 e. The number of hydrogen-bond donors (Lipinski definition) is 2. The maximum Gasteiger partial charge on any atom is 0.492 e. The minimum Gasteiger partial charge on any atom is -0.423 e. The molecule has 1 aromatic carbocycles. The summed E-state index contributed by atoms with van der Waals surface area (Å²) in [4.78, 5) is 3.59. The van der Waals surface area contributed by atoms with Crippen LogP contribution in [0.2, 0.25) is 0 Å². The van der Waals surface area contributed by atoms with E-state index in [1.54, 1.807) is 32.0 Å². The average Bonchev–Trinajstić information content (AvgIpc) is 2.43. The number of hydrogen-bond acceptors (Lipinski definition) is 4. The van der Waals surface area contributed by atoms with Gasteiger partial charge in [0.05, 0.1) is 16.7 Å². The van der Waals surface area contributed by atoms with Crippen molar-refractivity contribution >= 4 is 23.5 Å². The fourth-order valence-corrected chi connectivity index (χ4v) is 2.04. The number of aromatic nitrogens is 1. The van der Waals surface area contributed by atoms with Gasteiger partial charge in [0.15, 0.2) is 0 Å². The maximum atomic E-state index is 13.1. The van der Waals surface area contributed by atoms with Crippen LogP contribution in [-0.4, -0.2) is 33.4 Å².